The minimum absolute atomic E-state index is 0.0600. The Kier molecular flexibility index (Phi) is 3.51. The van der Waals surface area contributed by atoms with Crippen LogP contribution in [0.1, 0.15) is 21.7 Å². The summed E-state index contributed by atoms with van der Waals surface area (Å²) in [6.07, 6.45) is 0.635. The molecule has 1 N–H and O–H groups in total. The largest absolute Gasteiger partial charge is 0.476 e. The SMILES string of the molecule is O=C(O)c1cc(Cc2ccccc2)n(-c2ccccc2)n1. The summed E-state index contributed by atoms with van der Waals surface area (Å²) in [5.41, 5.74) is 2.89. The van der Waals surface area contributed by atoms with E-state index in [0.717, 1.165) is 16.9 Å². The van der Waals surface area contributed by atoms with Crippen LogP contribution < -0.4 is 0 Å². The molecule has 3 rings (SSSR count). The lowest BCUT2D eigenvalue weighted by molar-refractivity contribution is 0.0690. The van der Waals surface area contributed by atoms with Gasteiger partial charge in [0.05, 0.1) is 5.69 Å². The number of para-hydroxylation sites is 1. The van der Waals surface area contributed by atoms with Crippen LogP contribution in [-0.2, 0) is 6.42 Å². The van der Waals surface area contributed by atoms with Gasteiger partial charge in [0.1, 0.15) is 0 Å². The Labute approximate surface area is 122 Å². The molecule has 0 unspecified atom stereocenters. The number of hydrogen-bond acceptors (Lipinski definition) is 2. The molecule has 3 aromatic rings. The van der Waals surface area contributed by atoms with E-state index < -0.39 is 5.97 Å². The molecule has 0 aliphatic heterocycles. The first-order valence-corrected chi connectivity index (χ1v) is 6.65. The fraction of sp³-hybridized carbons (Fsp3) is 0.0588. The smallest absolute Gasteiger partial charge is 0.356 e. The van der Waals surface area contributed by atoms with Gasteiger partial charge in [-0.25, -0.2) is 9.48 Å². The van der Waals surface area contributed by atoms with E-state index in [1.54, 1.807) is 10.7 Å². The van der Waals surface area contributed by atoms with Gasteiger partial charge in [0, 0.05) is 12.1 Å². The van der Waals surface area contributed by atoms with Crippen LogP contribution in [0.4, 0.5) is 0 Å². The summed E-state index contributed by atoms with van der Waals surface area (Å²) < 4.78 is 1.69. The van der Waals surface area contributed by atoms with Crippen molar-refractivity contribution in [3.8, 4) is 5.69 Å². The summed E-state index contributed by atoms with van der Waals surface area (Å²) in [5.74, 6) is -1.01. The van der Waals surface area contributed by atoms with Crippen molar-refractivity contribution < 1.29 is 9.90 Å². The molecular weight excluding hydrogens is 264 g/mol. The average Bonchev–Trinajstić information content (AvgIpc) is 2.93. The highest BCUT2D eigenvalue weighted by molar-refractivity contribution is 5.85. The Morgan fingerprint density at radius 1 is 1.00 bits per heavy atom. The first-order valence-electron chi connectivity index (χ1n) is 6.65. The van der Waals surface area contributed by atoms with Crippen LogP contribution in [0.25, 0.3) is 5.69 Å². The minimum Gasteiger partial charge on any atom is -0.476 e. The van der Waals surface area contributed by atoms with Crippen molar-refractivity contribution in [3.63, 3.8) is 0 Å². The second-order valence-electron chi connectivity index (χ2n) is 4.74. The molecule has 0 radical (unpaired) electrons. The van der Waals surface area contributed by atoms with Crippen LogP contribution >= 0.6 is 0 Å². The summed E-state index contributed by atoms with van der Waals surface area (Å²) in [6.45, 7) is 0. The number of carboxylic acid groups (broad SMARTS) is 1. The molecule has 21 heavy (non-hydrogen) atoms. The number of rotatable bonds is 4. The molecule has 0 atom stereocenters. The van der Waals surface area contributed by atoms with Crippen molar-refractivity contribution in [3.05, 3.63) is 83.7 Å². The maximum atomic E-state index is 11.2. The number of carboxylic acids is 1. The fourth-order valence-electron chi connectivity index (χ4n) is 2.25. The van der Waals surface area contributed by atoms with Gasteiger partial charge in [-0.3, -0.25) is 0 Å². The molecule has 0 aliphatic carbocycles. The number of nitrogens with zero attached hydrogens (tertiary/aromatic N) is 2. The third-order valence-corrected chi connectivity index (χ3v) is 3.23. The van der Waals surface area contributed by atoms with Crippen LogP contribution in [0.2, 0.25) is 0 Å². The Morgan fingerprint density at radius 2 is 1.62 bits per heavy atom. The number of aromatic carboxylic acids is 1. The molecule has 0 aliphatic rings. The number of aromatic nitrogens is 2. The molecule has 4 nitrogen and oxygen atoms in total. The predicted octanol–water partition coefficient (Wildman–Crippen LogP) is 3.16. The van der Waals surface area contributed by atoms with Crippen molar-refractivity contribution in [2.24, 2.45) is 0 Å². The van der Waals surface area contributed by atoms with Crippen LogP contribution in [-0.4, -0.2) is 20.9 Å². The van der Waals surface area contributed by atoms with E-state index in [1.165, 1.54) is 0 Å². The highest BCUT2D eigenvalue weighted by Crippen LogP contribution is 2.16. The van der Waals surface area contributed by atoms with Crippen LogP contribution in [0.5, 0.6) is 0 Å². The van der Waals surface area contributed by atoms with E-state index in [-0.39, 0.29) is 5.69 Å². The van der Waals surface area contributed by atoms with E-state index in [9.17, 15) is 4.79 Å². The monoisotopic (exact) mass is 278 g/mol. The minimum atomic E-state index is -1.01. The molecule has 0 amide bonds. The number of carbonyl (C=O) groups is 1. The zero-order valence-corrected chi connectivity index (χ0v) is 11.3. The highest BCUT2D eigenvalue weighted by Gasteiger charge is 2.14. The molecular formula is C17H14N2O2. The van der Waals surface area contributed by atoms with E-state index in [4.69, 9.17) is 5.11 Å². The molecule has 104 valence electrons. The van der Waals surface area contributed by atoms with Crippen molar-refractivity contribution in [1.29, 1.82) is 0 Å². The lowest BCUT2D eigenvalue weighted by atomic mass is 10.1. The number of hydrogen-bond donors (Lipinski definition) is 1. The first-order chi connectivity index (χ1) is 10.2. The van der Waals surface area contributed by atoms with E-state index >= 15 is 0 Å². The third-order valence-electron chi connectivity index (χ3n) is 3.23. The van der Waals surface area contributed by atoms with Gasteiger partial charge < -0.3 is 5.11 Å². The summed E-state index contributed by atoms with van der Waals surface area (Å²) in [4.78, 5) is 11.2. The average molecular weight is 278 g/mol. The highest BCUT2D eigenvalue weighted by atomic mass is 16.4. The normalized spacial score (nSPS) is 10.5. The Morgan fingerprint density at radius 3 is 2.24 bits per heavy atom. The zero-order valence-electron chi connectivity index (χ0n) is 11.3. The molecule has 0 fully saturated rings. The lowest BCUT2D eigenvalue weighted by Crippen LogP contribution is -2.04. The van der Waals surface area contributed by atoms with Gasteiger partial charge >= 0.3 is 5.97 Å². The third kappa shape index (κ3) is 2.84. The molecule has 0 bridgehead atoms. The van der Waals surface area contributed by atoms with Gasteiger partial charge in [0.15, 0.2) is 5.69 Å². The fourth-order valence-corrected chi connectivity index (χ4v) is 2.25. The lowest BCUT2D eigenvalue weighted by Gasteiger charge is -2.07. The summed E-state index contributed by atoms with van der Waals surface area (Å²) in [7, 11) is 0. The van der Waals surface area contributed by atoms with Crippen LogP contribution in [0.15, 0.2) is 66.7 Å². The zero-order chi connectivity index (χ0) is 14.7. The standard InChI is InChI=1S/C17H14N2O2/c20-17(21)16-12-15(11-13-7-3-1-4-8-13)19(18-16)14-9-5-2-6-10-14/h1-10,12H,11H2,(H,20,21). The second-order valence-corrected chi connectivity index (χ2v) is 4.74. The van der Waals surface area contributed by atoms with Crippen molar-refractivity contribution in [2.75, 3.05) is 0 Å². The second kappa shape index (κ2) is 5.63. The predicted molar refractivity (Wildman–Crippen MR) is 79.8 cm³/mol. The van der Waals surface area contributed by atoms with Gasteiger partial charge in [-0.2, -0.15) is 5.10 Å². The van der Waals surface area contributed by atoms with E-state index in [1.807, 2.05) is 60.7 Å². The molecule has 0 spiro atoms. The maximum Gasteiger partial charge on any atom is 0.356 e. The Bertz CT molecular complexity index is 749. The molecule has 1 aromatic heterocycles. The summed E-state index contributed by atoms with van der Waals surface area (Å²) >= 11 is 0. The molecule has 4 heteroatoms. The molecule has 0 saturated carbocycles. The summed E-state index contributed by atoms with van der Waals surface area (Å²) in [5, 5.41) is 13.4. The Balaban J connectivity index is 2.04. The molecule has 1 heterocycles. The van der Waals surface area contributed by atoms with Gasteiger partial charge in [-0.05, 0) is 23.8 Å². The topological polar surface area (TPSA) is 55.1 Å². The van der Waals surface area contributed by atoms with Crippen molar-refractivity contribution in [1.82, 2.24) is 9.78 Å². The number of benzene rings is 2. The van der Waals surface area contributed by atoms with Crippen LogP contribution in [0, 0.1) is 0 Å². The van der Waals surface area contributed by atoms with Crippen LogP contribution in [0.3, 0.4) is 0 Å². The summed E-state index contributed by atoms with van der Waals surface area (Å²) in [6, 6.07) is 21.1. The maximum absolute atomic E-state index is 11.2. The molecule has 2 aromatic carbocycles. The first kappa shape index (κ1) is 13.1. The van der Waals surface area contributed by atoms with Crippen molar-refractivity contribution in [2.45, 2.75) is 6.42 Å². The Hall–Kier alpha value is -2.88. The van der Waals surface area contributed by atoms with Crippen molar-refractivity contribution >= 4 is 5.97 Å². The van der Waals surface area contributed by atoms with Gasteiger partial charge in [-0.1, -0.05) is 48.5 Å². The molecule has 0 saturated heterocycles. The van der Waals surface area contributed by atoms with E-state index in [2.05, 4.69) is 5.10 Å². The van der Waals surface area contributed by atoms with E-state index in [0.29, 0.717) is 6.42 Å². The van der Waals surface area contributed by atoms with Gasteiger partial charge in [0.2, 0.25) is 0 Å². The van der Waals surface area contributed by atoms with Gasteiger partial charge in [-0.15, -0.1) is 0 Å². The van der Waals surface area contributed by atoms with Gasteiger partial charge in [0.25, 0.3) is 0 Å². The quantitative estimate of drug-likeness (QED) is 0.797.